The Morgan fingerprint density at radius 2 is 1.36 bits per heavy atom. The number of methoxy groups -OCH3 is 3. The van der Waals surface area contributed by atoms with Gasteiger partial charge in [0.25, 0.3) is 5.97 Å². The van der Waals surface area contributed by atoms with Gasteiger partial charge in [-0.15, -0.1) is 0 Å². The van der Waals surface area contributed by atoms with E-state index in [1.807, 2.05) is 12.1 Å². The highest BCUT2D eigenvalue weighted by Gasteiger charge is 2.20. The summed E-state index contributed by atoms with van der Waals surface area (Å²) >= 11 is 0. The van der Waals surface area contributed by atoms with Crippen molar-refractivity contribution in [1.29, 1.82) is 0 Å². The molecule has 0 fully saturated rings. The number of benzene rings is 1. The van der Waals surface area contributed by atoms with E-state index in [1.165, 1.54) is 0 Å². The van der Waals surface area contributed by atoms with Gasteiger partial charge in [-0.05, 0) is 0 Å². The molecule has 0 aromatic heterocycles. The lowest BCUT2D eigenvalue weighted by Crippen LogP contribution is -2.50. The first-order valence-electron chi connectivity index (χ1n) is 7.01. The normalized spacial score (nSPS) is 9.80. The Balaban J connectivity index is 0. The molecule has 25 heavy (non-hydrogen) atoms. The fraction of sp³-hybridized carbons (Fsp3) is 0.533. The summed E-state index contributed by atoms with van der Waals surface area (Å²) in [4.78, 5) is 9.00. The Morgan fingerprint density at radius 3 is 1.52 bits per heavy atom. The Kier molecular flexibility index (Phi) is 14.0. The molecule has 0 aliphatic rings. The standard InChI is InChI=1S/C9H13O3P.C4H11NO3.C2H4O2/c1-10-6-4-7(11-2)9(13)8(5-6)12-3;5-4(1-6,2-7)3-8;1-2(3)4/h4-5H,13H2,1-3H3;6-8H,1-3,5H2;1H3,(H,3,4). The lowest BCUT2D eigenvalue weighted by Gasteiger charge is -2.20. The van der Waals surface area contributed by atoms with E-state index in [0.717, 1.165) is 29.5 Å². The van der Waals surface area contributed by atoms with Gasteiger partial charge in [0.2, 0.25) is 0 Å². The smallest absolute Gasteiger partial charge is 0.300 e. The molecule has 0 heterocycles. The van der Waals surface area contributed by atoms with Gasteiger partial charge < -0.3 is 40.4 Å². The van der Waals surface area contributed by atoms with Crippen LogP contribution in [0, 0.1) is 0 Å². The summed E-state index contributed by atoms with van der Waals surface area (Å²) in [5.74, 6) is 1.36. The van der Waals surface area contributed by atoms with Crippen LogP contribution >= 0.6 is 9.24 Å². The summed E-state index contributed by atoms with van der Waals surface area (Å²) in [6.45, 7) is -0.125. The second kappa shape index (κ2) is 13.6. The van der Waals surface area contributed by atoms with E-state index in [4.69, 9.17) is 45.2 Å². The predicted octanol–water partition coefficient (Wildman–Crippen LogP) is -1.04. The molecule has 0 aliphatic heterocycles. The minimum Gasteiger partial charge on any atom is -0.496 e. The third-order valence-corrected chi connectivity index (χ3v) is 3.27. The van der Waals surface area contributed by atoms with Crippen LogP contribution in [-0.4, -0.2) is 73.1 Å². The fourth-order valence-electron chi connectivity index (χ4n) is 1.18. The second-order valence-electron chi connectivity index (χ2n) is 4.80. The molecule has 0 radical (unpaired) electrons. The molecule has 0 aliphatic carbocycles. The summed E-state index contributed by atoms with van der Waals surface area (Å²) in [5, 5.41) is 33.3. The van der Waals surface area contributed by atoms with Crippen LogP contribution in [0.15, 0.2) is 12.1 Å². The van der Waals surface area contributed by atoms with Crippen molar-refractivity contribution in [1.82, 2.24) is 0 Å². The SMILES string of the molecule is CC(=O)O.COc1cc(OC)c(P)c(OC)c1.NC(CO)(CO)CO. The second-order valence-corrected chi connectivity index (χ2v) is 5.38. The molecule has 0 saturated heterocycles. The zero-order chi connectivity index (χ0) is 20.0. The van der Waals surface area contributed by atoms with Crippen molar-refractivity contribution in [2.45, 2.75) is 12.5 Å². The average molecular weight is 381 g/mol. The van der Waals surface area contributed by atoms with Crippen LogP contribution in [0.25, 0.3) is 0 Å². The van der Waals surface area contributed by atoms with Gasteiger partial charge in [-0.25, -0.2) is 0 Å². The molecular formula is C15H28NO8P. The number of aliphatic hydroxyl groups excluding tert-OH is 3. The molecule has 0 saturated carbocycles. The zero-order valence-corrected chi connectivity index (χ0v) is 16.0. The maximum absolute atomic E-state index is 9.00. The molecular weight excluding hydrogens is 353 g/mol. The molecule has 1 atom stereocenters. The van der Waals surface area contributed by atoms with Crippen molar-refractivity contribution < 1.29 is 39.4 Å². The van der Waals surface area contributed by atoms with Gasteiger partial charge >= 0.3 is 0 Å². The summed E-state index contributed by atoms with van der Waals surface area (Å²) < 4.78 is 15.4. The highest BCUT2D eigenvalue weighted by molar-refractivity contribution is 7.28. The quantitative estimate of drug-likeness (QED) is 0.389. The molecule has 146 valence electrons. The molecule has 6 N–H and O–H groups in total. The first kappa shape index (κ1) is 25.6. The van der Waals surface area contributed by atoms with Crippen LogP contribution in [0.3, 0.4) is 0 Å². The Morgan fingerprint density at radius 1 is 1.04 bits per heavy atom. The molecule has 0 bridgehead atoms. The van der Waals surface area contributed by atoms with Gasteiger partial charge in [0.15, 0.2) is 0 Å². The van der Waals surface area contributed by atoms with Crippen molar-refractivity contribution in [2.75, 3.05) is 41.2 Å². The average Bonchev–Trinajstić information content (AvgIpc) is 2.61. The van der Waals surface area contributed by atoms with Gasteiger partial charge in [0, 0.05) is 19.1 Å². The molecule has 10 heteroatoms. The minimum atomic E-state index is -1.21. The zero-order valence-electron chi connectivity index (χ0n) is 14.9. The van der Waals surface area contributed by atoms with Crippen LogP contribution in [0.2, 0.25) is 0 Å². The number of hydrogen-bond acceptors (Lipinski definition) is 8. The third kappa shape index (κ3) is 10.8. The summed E-state index contributed by atoms with van der Waals surface area (Å²) in [6.07, 6.45) is 0. The Labute approximate surface area is 149 Å². The van der Waals surface area contributed by atoms with Crippen molar-refractivity contribution in [3.8, 4) is 17.2 Å². The Hall–Kier alpha value is -1.64. The highest BCUT2D eigenvalue weighted by Crippen LogP contribution is 2.26. The monoisotopic (exact) mass is 381 g/mol. The van der Waals surface area contributed by atoms with Gasteiger partial charge in [0.05, 0.1) is 52.0 Å². The van der Waals surface area contributed by atoms with E-state index in [-0.39, 0.29) is 0 Å². The fourth-order valence-corrected chi connectivity index (χ4v) is 1.58. The van der Waals surface area contributed by atoms with Crippen LogP contribution in [0.4, 0.5) is 0 Å². The van der Waals surface area contributed by atoms with Gasteiger partial charge in [-0.3, -0.25) is 4.79 Å². The number of aliphatic carboxylic acids is 1. The third-order valence-electron chi connectivity index (χ3n) is 2.70. The van der Waals surface area contributed by atoms with Crippen molar-refractivity contribution in [3.05, 3.63) is 12.1 Å². The number of carboxylic acid groups (broad SMARTS) is 1. The number of hydrogen-bond donors (Lipinski definition) is 5. The molecule has 9 nitrogen and oxygen atoms in total. The van der Waals surface area contributed by atoms with Crippen molar-refractivity contribution in [2.24, 2.45) is 5.73 Å². The van der Waals surface area contributed by atoms with Crippen LogP contribution in [0.5, 0.6) is 17.2 Å². The number of nitrogens with two attached hydrogens (primary N) is 1. The van der Waals surface area contributed by atoms with Gasteiger partial charge in [-0.1, -0.05) is 9.24 Å². The van der Waals surface area contributed by atoms with Gasteiger partial charge in [-0.2, -0.15) is 0 Å². The lowest BCUT2D eigenvalue weighted by atomic mass is 10.1. The molecule has 1 aromatic rings. The largest absolute Gasteiger partial charge is 0.496 e. The minimum absolute atomic E-state index is 0.403. The molecule has 1 rings (SSSR count). The molecule has 1 aromatic carbocycles. The summed E-state index contributed by atoms with van der Waals surface area (Å²) in [5.41, 5.74) is 3.94. The first-order valence-corrected chi connectivity index (χ1v) is 7.58. The lowest BCUT2D eigenvalue weighted by molar-refractivity contribution is -0.134. The summed E-state index contributed by atoms with van der Waals surface area (Å²) in [6, 6.07) is 3.62. The molecule has 0 amide bonds. The number of rotatable bonds is 6. The molecule has 0 spiro atoms. The van der Waals surface area contributed by atoms with E-state index in [2.05, 4.69) is 9.24 Å². The van der Waals surface area contributed by atoms with E-state index in [1.54, 1.807) is 21.3 Å². The van der Waals surface area contributed by atoms with Crippen molar-refractivity contribution >= 4 is 20.5 Å². The highest BCUT2D eigenvalue weighted by atomic mass is 31.0. The Bertz CT molecular complexity index is 471. The van der Waals surface area contributed by atoms with E-state index >= 15 is 0 Å². The van der Waals surface area contributed by atoms with Gasteiger partial charge in [0.1, 0.15) is 17.2 Å². The summed E-state index contributed by atoms with van der Waals surface area (Å²) in [7, 11) is 7.41. The number of ether oxygens (including phenoxy) is 3. The first-order chi connectivity index (χ1) is 11.6. The maximum atomic E-state index is 9.00. The van der Waals surface area contributed by atoms with E-state index in [0.29, 0.717) is 0 Å². The van der Waals surface area contributed by atoms with Crippen LogP contribution in [0.1, 0.15) is 6.92 Å². The molecule has 1 unspecified atom stereocenters. The van der Waals surface area contributed by atoms with E-state index in [9.17, 15) is 0 Å². The van der Waals surface area contributed by atoms with Crippen LogP contribution < -0.4 is 25.2 Å². The topological polar surface area (TPSA) is 152 Å². The number of carbonyl (C=O) groups is 1. The number of carboxylic acids is 1. The van der Waals surface area contributed by atoms with Crippen LogP contribution in [-0.2, 0) is 4.79 Å². The predicted molar refractivity (Wildman–Crippen MR) is 96.9 cm³/mol. The van der Waals surface area contributed by atoms with Crippen molar-refractivity contribution in [3.63, 3.8) is 0 Å². The van der Waals surface area contributed by atoms with E-state index < -0.39 is 31.3 Å². The maximum Gasteiger partial charge on any atom is 0.300 e. The number of aliphatic hydroxyl groups is 3.